The summed E-state index contributed by atoms with van der Waals surface area (Å²) in [6.45, 7) is 1.66. The Morgan fingerprint density at radius 2 is 1.79 bits per heavy atom. The average molecular weight is 318 g/mol. The van der Waals surface area contributed by atoms with Crippen LogP contribution in [0.4, 0.5) is 5.69 Å². The van der Waals surface area contributed by atoms with Crippen LogP contribution in [0.5, 0.6) is 0 Å². The maximum Gasteiger partial charge on any atom is 0.263 e. The number of pyridine rings is 2. The number of hydrogen-bond acceptors (Lipinski definition) is 4. The molecule has 0 atom stereocenters. The predicted molar refractivity (Wildman–Crippen MR) is 74.0 cm³/mol. The molecule has 0 aliphatic carbocycles. The molecule has 5 nitrogen and oxygen atoms in total. The van der Waals surface area contributed by atoms with E-state index in [4.69, 9.17) is 23.2 Å². The molecule has 1 N–H and O–H groups in total. The topological polar surface area (TPSA) is 72.0 Å². The Bertz CT molecular complexity index is 702. The van der Waals surface area contributed by atoms with Gasteiger partial charge in [0.1, 0.15) is 15.2 Å². The minimum Gasteiger partial charge on any atom is -0.278 e. The van der Waals surface area contributed by atoms with Gasteiger partial charge < -0.3 is 0 Å². The third-order valence-electron chi connectivity index (χ3n) is 2.31. The summed E-state index contributed by atoms with van der Waals surface area (Å²) in [5.41, 5.74) is 0.845. The van der Waals surface area contributed by atoms with Crippen LogP contribution in [-0.2, 0) is 10.0 Å². The highest BCUT2D eigenvalue weighted by Crippen LogP contribution is 2.20. The van der Waals surface area contributed by atoms with Gasteiger partial charge >= 0.3 is 0 Å². The zero-order chi connectivity index (χ0) is 14.0. The van der Waals surface area contributed by atoms with E-state index in [0.717, 1.165) is 0 Å². The molecule has 0 aliphatic heterocycles. The van der Waals surface area contributed by atoms with Gasteiger partial charge in [-0.2, -0.15) is 0 Å². The van der Waals surface area contributed by atoms with Crippen molar-refractivity contribution in [1.82, 2.24) is 9.97 Å². The van der Waals surface area contributed by atoms with Crippen molar-refractivity contribution in [2.24, 2.45) is 0 Å². The summed E-state index contributed by atoms with van der Waals surface area (Å²) in [5, 5.41) is 0.525. The maximum absolute atomic E-state index is 12.1. The third-order valence-corrected chi connectivity index (χ3v) is 4.09. The normalized spacial score (nSPS) is 11.3. The number of nitrogens with zero attached hydrogens (tertiary/aromatic N) is 2. The molecule has 2 aromatic heterocycles. The van der Waals surface area contributed by atoms with E-state index in [0.29, 0.717) is 16.5 Å². The summed E-state index contributed by atoms with van der Waals surface area (Å²) in [4.78, 5) is 7.72. The Morgan fingerprint density at radius 3 is 2.37 bits per heavy atom. The van der Waals surface area contributed by atoms with Gasteiger partial charge in [0.05, 0.1) is 11.4 Å². The largest absolute Gasteiger partial charge is 0.278 e. The predicted octanol–water partition coefficient (Wildman–Crippen LogP) is 2.89. The van der Waals surface area contributed by atoms with E-state index >= 15 is 0 Å². The lowest BCUT2D eigenvalue weighted by Crippen LogP contribution is -2.14. The van der Waals surface area contributed by atoms with Gasteiger partial charge in [-0.1, -0.05) is 23.2 Å². The summed E-state index contributed by atoms with van der Waals surface area (Å²) in [6.07, 6.45) is 1.18. The molecule has 100 valence electrons. The van der Waals surface area contributed by atoms with Gasteiger partial charge in [-0.25, -0.2) is 18.4 Å². The van der Waals surface area contributed by atoms with Gasteiger partial charge in [-0.3, -0.25) is 4.72 Å². The zero-order valence-electron chi connectivity index (χ0n) is 9.76. The van der Waals surface area contributed by atoms with Gasteiger partial charge in [0.15, 0.2) is 0 Å². The second-order valence-electron chi connectivity index (χ2n) is 3.69. The minimum absolute atomic E-state index is 0.0197. The molecule has 0 saturated carbocycles. The standard InChI is InChI=1S/C11H9Cl2N3O2S/c1-7-9(3-5-11(13)15-7)16-19(17,18)8-2-4-10(12)14-6-8/h2-6,16H,1H3. The molecule has 0 aromatic carbocycles. The molecule has 0 spiro atoms. The first-order chi connectivity index (χ1) is 8.88. The molecule has 8 heteroatoms. The molecule has 0 bridgehead atoms. The van der Waals surface area contributed by atoms with Crippen molar-refractivity contribution in [2.45, 2.75) is 11.8 Å². The second-order valence-corrected chi connectivity index (χ2v) is 6.15. The van der Waals surface area contributed by atoms with Gasteiger partial charge in [-0.15, -0.1) is 0 Å². The van der Waals surface area contributed by atoms with Crippen LogP contribution in [0.25, 0.3) is 0 Å². The van der Waals surface area contributed by atoms with Crippen molar-refractivity contribution < 1.29 is 8.42 Å². The fraction of sp³-hybridized carbons (Fsp3) is 0.0909. The van der Waals surface area contributed by atoms with Gasteiger partial charge in [0, 0.05) is 6.20 Å². The quantitative estimate of drug-likeness (QED) is 0.883. The molecule has 0 amide bonds. The molecule has 0 radical (unpaired) electrons. The van der Waals surface area contributed by atoms with Crippen LogP contribution in [0, 0.1) is 6.92 Å². The van der Waals surface area contributed by atoms with E-state index in [2.05, 4.69) is 14.7 Å². The lowest BCUT2D eigenvalue weighted by Gasteiger charge is -2.09. The first-order valence-electron chi connectivity index (χ1n) is 5.16. The van der Waals surface area contributed by atoms with Crippen LogP contribution < -0.4 is 4.72 Å². The highest BCUT2D eigenvalue weighted by Gasteiger charge is 2.16. The molecule has 0 aliphatic rings. The fourth-order valence-electron chi connectivity index (χ4n) is 1.36. The zero-order valence-corrected chi connectivity index (χ0v) is 12.1. The van der Waals surface area contributed by atoms with Gasteiger partial charge in [0.25, 0.3) is 10.0 Å². The minimum atomic E-state index is -3.72. The highest BCUT2D eigenvalue weighted by atomic mass is 35.5. The number of anilines is 1. The number of aryl methyl sites for hydroxylation is 1. The smallest absolute Gasteiger partial charge is 0.263 e. The first-order valence-corrected chi connectivity index (χ1v) is 7.40. The second kappa shape index (κ2) is 5.32. The summed E-state index contributed by atoms with van der Waals surface area (Å²) in [7, 11) is -3.72. The molecule has 2 heterocycles. The molecule has 0 unspecified atom stereocenters. The number of halogens is 2. The average Bonchev–Trinajstić information content (AvgIpc) is 2.33. The number of rotatable bonds is 3. The SMILES string of the molecule is Cc1nc(Cl)ccc1NS(=O)(=O)c1ccc(Cl)nc1. The summed E-state index contributed by atoms with van der Waals surface area (Å²) in [5.74, 6) is 0. The van der Waals surface area contributed by atoms with Crippen molar-refractivity contribution in [1.29, 1.82) is 0 Å². The molecule has 2 rings (SSSR count). The third kappa shape index (κ3) is 3.34. The van der Waals surface area contributed by atoms with Crippen molar-refractivity contribution in [3.8, 4) is 0 Å². The summed E-state index contributed by atoms with van der Waals surface area (Å²) < 4.78 is 26.6. The van der Waals surface area contributed by atoms with E-state index in [1.165, 1.54) is 24.4 Å². The molecule has 2 aromatic rings. The van der Waals surface area contributed by atoms with Gasteiger partial charge in [-0.05, 0) is 31.2 Å². The van der Waals surface area contributed by atoms with Gasteiger partial charge in [0.2, 0.25) is 0 Å². The number of sulfonamides is 1. The Morgan fingerprint density at radius 1 is 1.11 bits per heavy atom. The Balaban J connectivity index is 2.33. The highest BCUT2D eigenvalue weighted by molar-refractivity contribution is 7.92. The van der Waals surface area contributed by atoms with E-state index in [1.807, 2.05) is 0 Å². The van der Waals surface area contributed by atoms with Crippen molar-refractivity contribution in [3.63, 3.8) is 0 Å². The van der Waals surface area contributed by atoms with Crippen LogP contribution >= 0.6 is 23.2 Å². The first kappa shape index (κ1) is 14.0. The van der Waals surface area contributed by atoms with Crippen molar-refractivity contribution >= 4 is 38.9 Å². The van der Waals surface area contributed by atoms with Crippen LogP contribution in [-0.4, -0.2) is 18.4 Å². The van der Waals surface area contributed by atoms with E-state index < -0.39 is 10.0 Å². The Kier molecular flexibility index (Phi) is 3.93. The van der Waals surface area contributed by atoms with Crippen LogP contribution in [0.2, 0.25) is 10.3 Å². The fourth-order valence-corrected chi connectivity index (χ4v) is 2.73. The van der Waals surface area contributed by atoms with Crippen molar-refractivity contribution in [3.05, 3.63) is 46.5 Å². The summed E-state index contributed by atoms with van der Waals surface area (Å²) in [6, 6.07) is 5.83. The van der Waals surface area contributed by atoms with E-state index in [1.54, 1.807) is 13.0 Å². The van der Waals surface area contributed by atoms with Crippen molar-refractivity contribution in [2.75, 3.05) is 4.72 Å². The number of hydrogen-bond donors (Lipinski definition) is 1. The monoisotopic (exact) mass is 317 g/mol. The van der Waals surface area contributed by atoms with Crippen LogP contribution in [0.15, 0.2) is 35.4 Å². The molecular formula is C11H9Cl2N3O2S. The number of nitrogens with one attached hydrogen (secondary N) is 1. The van der Waals surface area contributed by atoms with E-state index in [9.17, 15) is 8.42 Å². The Hall–Kier alpha value is -1.37. The molecule has 19 heavy (non-hydrogen) atoms. The summed E-state index contributed by atoms with van der Waals surface area (Å²) >= 11 is 11.3. The number of aromatic nitrogens is 2. The van der Waals surface area contributed by atoms with E-state index in [-0.39, 0.29) is 10.0 Å². The molecule has 0 fully saturated rings. The van der Waals surface area contributed by atoms with Crippen LogP contribution in [0.3, 0.4) is 0 Å². The maximum atomic E-state index is 12.1. The lowest BCUT2D eigenvalue weighted by atomic mass is 10.3. The van der Waals surface area contributed by atoms with Crippen LogP contribution in [0.1, 0.15) is 5.69 Å². The Labute approximate surface area is 120 Å². The lowest BCUT2D eigenvalue weighted by molar-refractivity contribution is 0.600. The molecular weight excluding hydrogens is 309 g/mol. The molecule has 0 saturated heterocycles.